The molecular weight excluding hydrogens is 418 g/mol. The van der Waals surface area contributed by atoms with Gasteiger partial charge in [-0.25, -0.2) is 4.79 Å². The molecule has 1 N–H and O–H groups in total. The van der Waals surface area contributed by atoms with Crippen molar-refractivity contribution in [3.63, 3.8) is 0 Å². The Kier molecular flexibility index (Phi) is 5.57. The Morgan fingerprint density at radius 3 is 2.39 bits per heavy atom. The number of methoxy groups -OCH3 is 1. The fraction of sp³-hybridized carbons (Fsp3) is 0.269. The van der Waals surface area contributed by atoms with E-state index < -0.39 is 17.5 Å². The molecule has 7 nitrogen and oxygen atoms in total. The number of carbonyl (C=O) groups excluding carboxylic acids is 3. The first kappa shape index (κ1) is 22.3. The first-order valence-electron chi connectivity index (χ1n) is 10.7. The molecule has 1 unspecified atom stereocenters. The summed E-state index contributed by atoms with van der Waals surface area (Å²) in [6.07, 6.45) is 0. The van der Waals surface area contributed by atoms with Gasteiger partial charge in [0.1, 0.15) is 11.3 Å². The molecule has 1 fully saturated rings. The smallest absolute Gasteiger partial charge is 0.325 e. The first-order valence-corrected chi connectivity index (χ1v) is 10.7. The summed E-state index contributed by atoms with van der Waals surface area (Å²) in [5.74, 6) is -0.185. The predicted octanol–water partition coefficient (Wildman–Crippen LogP) is 4.06. The summed E-state index contributed by atoms with van der Waals surface area (Å²) in [6.45, 7) is 7.12. The van der Waals surface area contributed by atoms with Crippen molar-refractivity contribution in [2.75, 3.05) is 13.7 Å². The van der Waals surface area contributed by atoms with Crippen LogP contribution in [0.5, 0.6) is 5.75 Å². The third-order valence-corrected chi connectivity index (χ3v) is 6.25. The van der Waals surface area contributed by atoms with Crippen LogP contribution in [0.3, 0.4) is 0 Å². The minimum absolute atomic E-state index is 0.292. The van der Waals surface area contributed by atoms with Crippen molar-refractivity contribution in [1.29, 1.82) is 0 Å². The van der Waals surface area contributed by atoms with Crippen molar-refractivity contribution in [3.05, 3.63) is 82.7 Å². The summed E-state index contributed by atoms with van der Waals surface area (Å²) in [6, 6.07) is 16.2. The Bertz CT molecular complexity index is 1260. The summed E-state index contributed by atoms with van der Waals surface area (Å²) in [4.78, 5) is 40.2. The number of urea groups is 1. The number of nitrogens with one attached hydrogen (secondary N) is 1. The molecule has 0 aliphatic carbocycles. The van der Waals surface area contributed by atoms with E-state index >= 15 is 0 Å². The quantitative estimate of drug-likeness (QED) is 0.458. The lowest BCUT2D eigenvalue weighted by Gasteiger charge is -2.22. The van der Waals surface area contributed by atoms with E-state index in [9.17, 15) is 14.4 Å². The molecular formula is C26H27N3O4. The molecule has 2 aromatic carbocycles. The Labute approximate surface area is 193 Å². The highest BCUT2D eigenvalue weighted by atomic mass is 16.5. The van der Waals surface area contributed by atoms with Crippen molar-refractivity contribution in [3.8, 4) is 11.4 Å². The van der Waals surface area contributed by atoms with Crippen LogP contribution >= 0.6 is 0 Å². The van der Waals surface area contributed by atoms with E-state index in [1.807, 2.05) is 49.6 Å². The molecule has 7 heteroatoms. The van der Waals surface area contributed by atoms with Gasteiger partial charge >= 0.3 is 6.03 Å². The molecule has 3 aromatic rings. The van der Waals surface area contributed by atoms with Gasteiger partial charge in [-0.1, -0.05) is 29.8 Å². The van der Waals surface area contributed by atoms with E-state index in [1.165, 1.54) is 7.11 Å². The van der Waals surface area contributed by atoms with Gasteiger partial charge in [0, 0.05) is 22.6 Å². The summed E-state index contributed by atoms with van der Waals surface area (Å²) in [7, 11) is 1.54. The molecule has 170 valence electrons. The van der Waals surface area contributed by atoms with Crippen molar-refractivity contribution >= 4 is 17.7 Å². The van der Waals surface area contributed by atoms with Crippen LogP contribution in [0.25, 0.3) is 5.69 Å². The zero-order valence-corrected chi connectivity index (χ0v) is 19.4. The maximum atomic E-state index is 13.3. The zero-order valence-electron chi connectivity index (χ0n) is 19.4. The SMILES string of the molecule is COc1cccc(C2(C)NC(=O)N(CC(=O)c3cc(C)n(-c4ccc(C)cc4)c3C)C2=O)c1. The second kappa shape index (κ2) is 8.24. The number of aryl methyl sites for hydroxylation is 2. The van der Waals surface area contributed by atoms with E-state index in [1.54, 1.807) is 37.3 Å². The number of ether oxygens (including phenoxy) is 1. The Hall–Kier alpha value is -3.87. The highest BCUT2D eigenvalue weighted by molar-refractivity contribution is 6.11. The summed E-state index contributed by atoms with van der Waals surface area (Å²) >= 11 is 0. The van der Waals surface area contributed by atoms with Crippen LogP contribution in [-0.2, 0) is 10.3 Å². The summed E-state index contributed by atoms with van der Waals surface area (Å²) < 4.78 is 7.25. The van der Waals surface area contributed by atoms with E-state index in [0.29, 0.717) is 16.9 Å². The van der Waals surface area contributed by atoms with Crippen LogP contribution in [0.1, 0.15) is 39.8 Å². The lowest BCUT2D eigenvalue weighted by Crippen LogP contribution is -2.41. The lowest BCUT2D eigenvalue weighted by atomic mass is 9.92. The Balaban J connectivity index is 1.60. The van der Waals surface area contributed by atoms with Gasteiger partial charge in [0.15, 0.2) is 5.78 Å². The van der Waals surface area contributed by atoms with Crippen molar-refractivity contribution in [1.82, 2.24) is 14.8 Å². The maximum absolute atomic E-state index is 13.3. The van der Waals surface area contributed by atoms with Gasteiger partial charge in [-0.05, 0) is 63.6 Å². The minimum atomic E-state index is -1.27. The number of Topliss-reactive ketones (excluding diaryl/α,β-unsaturated/α-hetero) is 1. The van der Waals surface area contributed by atoms with Gasteiger partial charge in [-0.2, -0.15) is 0 Å². The molecule has 1 atom stereocenters. The van der Waals surface area contributed by atoms with Gasteiger partial charge in [-0.3, -0.25) is 14.5 Å². The number of imide groups is 1. The second-order valence-corrected chi connectivity index (χ2v) is 8.56. The van der Waals surface area contributed by atoms with E-state index in [0.717, 1.165) is 27.5 Å². The summed E-state index contributed by atoms with van der Waals surface area (Å²) in [5.41, 5.74) is 3.58. The van der Waals surface area contributed by atoms with Crippen molar-refractivity contribution in [2.45, 2.75) is 33.2 Å². The molecule has 0 radical (unpaired) electrons. The van der Waals surface area contributed by atoms with Crippen LogP contribution in [0.15, 0.2) is 54.6 Å². The summed E-state index contributed by atoms with van der Waals surface area (Å²) in [5, 5.41) is 2.74. The second-order valence-electron chi connectivity index (χ2n) is 8.56. The van der Waals surface area contributed by atoms with Gasteiger partial charge in [-0.15, -0.1) is 0 Å². The fourth-order valence-electron chi connectivity index (χ4n) is 4.34. The van der Waals surface area contributed by atoms with Gasteiger partial charge in [0.25, 0.3) is 5.91 Å². The van der Waals surface area contributed by atoms with E-state index in [4.69, 9.17) is 4.74 Å². The first-order chi connectivity index (χ1) is 15.7. The molecule has 1 aliphatic heterocycles. The molecule has 3 amide bonds. The molecule has 0 saturated carbocycles. The lowest BCUT2D eigenvalue weighted by molar-refractivity contribution is -0.130. The molecule has 1 saturated heterocycles. The minimum Gasteiger partial charge on any atom is -0.497 e. The zero-order chi connectivity index (χ0) is 23.9. The molecule has 1 aliphatic rings. The number of amides is 3. The predicted molar refractivity (Wildman–Crippen MR) is 125 cm³/mol. The average Bonchev–Trinajstić information content (AvgIpc) is 3.22. The molecule has 0 bridgehead atoms. The molecule has 0 spiro atoms. The Morgan fingerprint density at radius 2 is 1.73 bits per heavy atom. The van der Waals surface area contributed by atoms with Crippen molar-refractivity contribution in [2.24, 2.45) is 0 Å². The number of nitrogens with zero attached hydrogens (tertiary/aromatic N) is 2. The fourth-order valence-corrected chi connectivity index (χ4v) is 4.34. The number of benzene rings is 2. The van der Waals surface area contributed by atoms with Crippen LogP contribution in [0.4, 0.5) is 4.79 Å². The Morgan fingerprint density at radius 1 is 1.03 bits per heavy atom. The van der Waals surface area contributed by atoms with Gasteiger partial charge in [0.05, 0.1) is 13.7 Å². The topological polar surface area (TPSA) is 80.6 Å². The molecule has 1 aromatic heterocycles. The van der Waals surface area contributed by atoms with E-state index in [2.05, 4.69) is 5.32 Å². The third-order valence-electron chi connectivity index (χ3n) is 6.25. The number of rotatable bonds is 6. The normalized spacial score (nSPS) is 17.9. The molecule has 2 heterocycles. The number of hydrogen-bond donors (Lipinski definition) is 1. The molecule has 33 heavy (non-hydrogen) atoms. The average molecular weight is 446 g/mol. The number of aromatic nitrogens is 1. The van der Waals surface area contributed by atoms with Crippen LogP contribution in [0.2, 0.25) is 0 Å². The third kappa shape index (κ3) is 3.80. The highest BCUT2D eigenvalue weighted by Gasteiger charge is 2.49. The van der Waals surface area contributed by atoms with Crippen LogP contribution < -0.4 is 10.1 Å². The number of ketones is 1. The van der Waals surface area contributed by atoms with Gasteiger partial charge in [0.2, 0.25) is 0 Å². The standard InChI is InChI=1S/C26H27N3O4/c1-16-9-11-20(12-10-16)29-17(2)13-22(18(29)3)23(30)15-28-24(31)26(4,27-25(28)32)19-7-6-8-21(14-19)33-5/h6-14H,15H2,1-5H3,(H,27,32). The number of carbonyl (C=O) groups is 3. The van der Waals surface area contributed by atoms with Crippen molar-refractivity contribution < 1.29 is 19.1 Å². The van der Waals surface area contributed by atoms with Crippen LogP contribution in [0, 0.1) is 20.8 Å². The van der Waals surface area contributed by atoms with Crippen LogP contribution in [-0.4, -0.2) is 40.8 Å². The monoisotopic (exact) mass is 445 g/mol. The van der Waals surface area contributed by atoms with Gasteiger partial charge < -0.3 is 14.6 Å². The maximum Gasteiger partial charge on any atom is 0.325 e. The highest BCUT2D eigenvalue weighted by Crippen LogP contribution is 2.31. The largest absolute Gasteiger partial charge is 0.497 e. The van der Waals surface area contributed by atoms with E-state index in [-0.39, 0.29) is 12.3 Å². The number of hydrogen-bond acceptors (Lipinski definition) is 4. The molecule has 4 rings (SSSR count).